The summed E-state index contributed by atoms with van der Waals surface area (Å²) in [6.07, 6.45) is 2.94. The van der Waals surface area contributed by atoms with Gasteiger partial charge in [0, 0.05) is 35.3 Å². The van der Waals surface area contributed by atoms with E-state index in [9.17, 15) is 5.11 Å². The number of pyridine rings is 1. The van der Waals surface area contributed by atoms with Crippen molar-refractivity contribution in [3.8, 4) is 11.3 Å². The summed E-state index contributed by atoms with van der Waals surface area (Å²) in [5.74, 6) is 0. The monoisotopic (exact) mass is 316 g/mol. The third-order valence-electron chi connectivity index (χ3n) is 3.15. The maximum absolute atomic E-state index is 10.3. The lowest BCUT2D eigenvalue weighted by Crippen LogP contribution is -2.02. The van der Waals surface area contributed by atoms with Gasteiger partial charge in [-0.05, 0) is 6.07 Å². The Hall–Kier alpha value is -1.75. The van der Waals surface area contributed by atoms with Crippen molar-refractivity contribution in [2.75, 3.05) is 0 Å². The van der Waals surface area contributed by atoms with Crippen molar-refractivity contribution >= 4 is 22.9 Å². The van der Waals surface area contributed by atoms with Gasteiger partial charge in [0.25, 0.3) is 0 Å². The quantitative estimate of drug-likeness (QED) is 0.787. The first-order chi connectivity index (χ1) is 10.2. The van der Waals surface area contributed by atoms with Crippen LogP contribution in [0.15, 0.2) is 54.2 Å². The SMILES string of the molecule is OC(Cc1nc(-c2ccccc2)cs1)c1ccncc1Cl. The van der Waals surface area contributed by atoms with Crippen LogP contribution in [-0.2, 0) is 6.42 Å². The molecule has 0 fully saturated rings. The molecule has 0 spiro atoms. The van der Waals surface area contributed by atoms with Gasteiger partial charge in [-0.2, -0.15) is 0 Å². The van der Waals surface area contributed by atoms with Crippen LogP contribution in [-0.4, -0.2) is 15.1 Å². The van der Waals surface area contributed by atoms with E-state index >= 15 is 0 Å². The van der Waals surface area contributed by atoms with Gasteiger partial charge in [0.05, 0.1) is 21.8 Å². The average Bonchev–Trinajstić information content (AvgIpc) is 2.97. The number of nitrogens with zero attached hydrogens (tertiary/aromatic N) is 2. The van der Waals surface area contributed by atoms with Gasteiger partial charge in [-0.15, -0.1) is 11.3 Å². The number of rotatable bonds is 4. The molecule has 0 saturated heterocycles. The minimum absolute atomic E-state index is 0.446. The van der Waals surface area contributed by atoms with Crippen LogP contribution >= 0.6 is 22.9 Å². The van der Waals surface area contributed by atoms with E-state index in [0.29, 0.717) is 17.0 Å². The maximum atomic E-state index is 10.3. The second kappa shape index (κ2) is 6.35. The Morgan fingerprint density at radius 3 is 2.76 bits per heavy atom. The normalized spacial score (nSPS) is 12.3. The van der Waals surface area contributed by atoms with Crippen molar-refractivity contribution in [3.63, 3.8) is 0 Å². The Bertz CT molecular complexity index is 730. The van der Waals surface area contributed by atoms with Crippen LogP contribution in [0.5, 0.6) is 0 Å². The highest BCUT2D eigenvalue weighted by Gasteiger charge is 2.14. The molecule has 0 aliphatic carbocycles. The summed E-state index contributed by atoms with van der Waals surface area (Å²) in [6.45, 7) is 0. The first-order valence-corrected chi connectivity index (χ1v) is 7.77. The van der Waals surface area contributed by atoms with Crippen molar-refractivity contribution in [1.29, 1.82) is 0 Å². The van der Waals surface area contributed by atoms with E-state index in [2.05, 4.69) is 9.97 Å². The second-order valence-corrected chi connectivity index (χ2v) is 5.96. The molecule has 2 heterocycles. The summed E-state index contributed by atoms with van der Waals surface area (Å²) in [5, 5.41) is 13.7. The van der Waals surface area contributed by atoms with Gasteiger partial charge in [-0.1, -0.05) is 41.9 Å². The number of aromatic nitrogens is 2. The van der Waals surface area contributed by atoms with Gasteiger partial charge in [-0.25, -0.2) is 4.98 Å². The number of halogens is 1. The van der Waals surface area contributed by atoms with E-state index in [1.165, 1.54) is 6.20 Å². The van der Waals surface area contributed by atoms with Crippen LogP contribution in [0.3, 0.4) is 0 Å². The zero-order chi connectivity index (χ0) is 14.7. The molecule has 3 aromatic rings. The molecular formula is C16H13ClN2OS. The number of benzene rings is 1. The predicted octanol–water partition coefficient (Wildman–Crippen LogP) is 4.13. The highest BCUT2D eigenvalue weighted by molar-refractivity contribution is 7.09. The molecule has 21 heavy (non-hydrogen) atoms. The lowest BCUT2D eigenvalue weighted by Gasteiger charge is -2.10. The van der Waals surface area contributed by atoms with Crippen LogP contribution in [0.1, 0.15) is 16.7 Å². The van der Waals surface area contributed by atoms with E-state index in [4.69, 9.17) is 11.6 Å². The summed E-state index contributed by atoms with van der Waals surface area (Å²) in [4.78, 5) is 8.50. The molecule has 1 unspecified atom stereocenters. The van der Waals surface area contributed by atoms with Gasteiger partial charge in [0.1, 0.15) is 0 Å². The van der Waals surface area contributed by atoms with Gasteiger partial charge in [-0.3, -0.25) is 4.98 Å². The fraction of sp³-hybridized carbons (Fsp3) is 0.125. The fourth-order valence-electron chi connectivity index (χ4n) is 2.08. The molecule has 0 aliphatic heterocycles. The number of aliphatic hydroxyl groups is 1. The topological polar surface area (TPSA) is 46.0 Å². The average molecular weight is 317 g/mol. The van der Waals surface area contributed by atoms with Crippen molar-refractivity contribution in [2.45, 2.75) is 12.5 Å². The van der Waals surface area contributed by atoms with Crippen LogP contribution in [0.2, 0.25) is 5.02 Å². The molecule has 1 N–H and O–H groups in total. The second-order valence-electron chi connectivity index (χ2n) is 4.61. The highest BCUT2D eigenvalue weighted by Crippen LogP contribution is 2.28. The van der Waals surface area contributed by atoms with Gasteiger partial charge in [0.15, 0.2) is 0 Å². The number of hydrogen-bond donors (Lipinski definition) is 1. The number of hydrogen-bond acceptors (Lipinski definition) is 4. The summed E-state index contributed by atoms with van der Waals surface area (Å²) in [7, 11) is 0. The number of thiazole rings is 1. The molecule has 0 saturated carbocycles. The maximum Gasteiger partial charge on any atom is 0.0961 e. The lowest BCUT2D eigenvalue weighted by molar-refractivity contribution is 0.178. The van der Waals surface area contributed by atoms with Gasteiger partial charge in [0.2, 0.25) is 0 Å². The molecule has 1 atom stereocenters. The smallest absolute Gasteiger partial charge is 0.0961 e. The van der Waals surface area contributed by atoms with Gasteiger partial charge < -0.3 is 5.11 Å². The summed E-state index contributed by atoms with van der Waals surface area (Å²) in [5.41, 5.74) is 2.70. The highest BCUT2D eigenvalue weighted by atomic mass is 35.5. The van der Waals surface area contributed by atoms with Crippen molar-refractivity contribution in [2.24, 2.45) is 0 Å². The predicted molar refractivity (Wildman–Crippen MR) is 85.5 cm³/mol. The summed E-state index contributed by atoms with van der Waals surface area (Å²) in [6, 6.07) is 11.7. The molecule has 5 heteroatoms. The third-order valence-corrected chi connectivity index (χ3v) is 4.34. The Balaban J connectivity index is 1.77. The van der Waals surface area contributed by atoms with E-state index in [-0.39, 0.29) is 0 Å². The largest absolute Gasteiger partial charge is 0.388 e. The molecule has 3 rings (SSSR count). The Kier molecular flexibility index (Phi) is 4.29. The van der Waals surface area contributed by atoms with Crippen LogP contribution < -0.4 is 0 Å². The first-order valence-electron chi connectivity index (χ1n) is 6.51. The molecule has 2 aromatic heterocycles. The molecular weight excluding hydrogens is 304 g/mol. The minimum atomic E-state index is -0.671. The van der Waals surface area contributed by atoms with Crippen LogP contribution in [0, 0.1) is 0 Å². The van der Waals surface area contributed by atoms with Crippen molar-refractivity contribution in [1.82, 2.24) is 9.97 Å². The van der Waals surface area contributed by atoms with E-state index in [1.807, 2.05) is 35.7 Å². The Labute approximate surface area is 131 Å². The molecule has 0 radical (unpaired) electrons. The fourth-order valence-corrected chi connectivity index (χ4v) is 3.16. The van der Waals surface area contributed by atoms with Crippen molar-refractivity contribution < 1.29 is 5.11 Å². The number of aliphatic hydroxyl groups excluding tert-OH is 1. The summed E-state index contributed by atoms with van der Waals surface area (Å²) < 4.78 is 0. The standard InChI is InChI=1S/C16H13ClN2OS/c17-13-9-18-7-6-12(13)15(20)8-16-19-14(10-21-16)11-4-2-1-3-5-11/h1-7,9-10,15,20H,8H2. The van der Waals surface area contributed by atoms with E-state index in [1.54, 1.807) is 23.6 Å². The molecule has 0 amide bonds. The Morgan fingerprint density at radius 2 is 2.00 bits per heavy atom. The molecule has 106 valence electrons. The minimum Gasteiger partial charge on any atom is -0.388 e. The zero-order valence-electron chi connectivity index (χ0n) is 11.1. The van der Waals surface area contributed by atoms with Crippen molar-refractivity contribution in [3.05, 3.63) is 69.8 Å². The first kappa shape index (κ1) is 14.2. The molecule has 0 aliphatic rings. The van der Waals surface area contributed by atoms with Crippen LogP contribution in [0.25, 0.3) is 11.3 Å². The summed E-state index contributed by atoms with van der Waals surface area (Å²) >= 11 is 7.59. The third kappa shape index (κ3) is 3.29. The zero-order valence-corrected chi connectivity index (χ0v) is 12.7. The van der Waals surface area contributed by atoms with Gasteiger partial charge >= 0.3 is 0 Å². The molecule has 3 nitrogen and oxygen atoms in total. The van der Waals surface area contributed by atoms with E-state index < -0.39 is 6.10 Å². The molecule has 0 bridgehead atoms. The molecule has 1 aromatic carbocycles. The van der Waals surface area contributed by atoms with E-state index in [0.717, 1.165) is 16.3 Å². The van der Waals surface area contributed by atoms with Crippen LogP contribution in [0.4, 0.5) is 0 Å². The Morgan fingerprint density at radius 1 is 1.19 bits per heavy atom. The lowest BCUT2D eigenvalue weighted by atomic mass is 10.1.